The van der Waals surface area contributed by atoms with E-state index in [4.69, 9.17) is 0 Å². The molecular weight excluding hydrogens is 141 g/mol. The molecule has 0 spiro atoms. The fourth-order valence-corrected chi connectivity index (χ4v) is 0. The first-order chi connectivity index (χ1) is 4.83. The van der Waals surface area contributed by atoms with Crippen molar-refractivity contribution in [2.75, 3.05) is 20.5 Å². The number of hydrogen-bond donors (Lipinski definition) is 0. The van der Waals surface area contributed by atoms with Gasteiger partial charge in [-0.2, -0.15) is 0 Å². The van der Waals surface area contributed by atoms with Gasteiger partial charge in [-0.1, -0.05) is 12.2 Å². The molecule has 10 heavy (non-hydrogen) atoms. The zero-order chi connectivity index (χ0) is 8.83. The van der Waals surface area contributed by atoms with Gasteiger partial charge in [0.05, 0.1) is 7.18 Å². The lowest BCUT2D eigenvalue weighted by Gasteiger charge is -1.54. The Bertz CT molecular complexity index is 44.8. The first kappa shape index (κ1) is 16.1. The summed E-state index contributed by atoms with van der Waals surface area (Å²) >= 11 is 0. The highest BCUT2D eigenvalue weighted by Crippen LogP contribution is 1.59. The zero-order valence-electron chi connectivity index (χ0n) is 6.12. The second kappa shape index (κ2) is 40.9. The van der Waals surface area contributed by atoms with E-state index >= 15 is 0 Å². The Kier molecular flexibility index (Phi) is 65.9. The minimum Gasteiger partial charge on any atom is -0.255 e. The van der Waals surface area contributed by atoms with Crippen LogP contribution in [0.25, 0.3) is 0 Å². The first-order valence-corrected chi connectivity index (χ1v) is 2.55. The zero-order valence-corrected chi connectivity index (χ0v) is 6.12. The van der Waals surface area contributed by atoms with Crippen molar-refractivity contribution in [3.05, 3.63) is 25.3 Å². The number of hydrogen-bond acceptors (Lipinski definition) is 0. The average Bonchev–Trinajstić information content (AvgIpc) is 2.08. The number of alkyl halides is 3. The molecule has 0 heterocycles. The predicted octanol–water partition coefficient (Wildman–Crippen LogP) is 2.87. The van der Waals surface area contributed by atoms with E-state index in [9.17, 15) is 13.2 Å². The SMILES string of the molecule is C=CCF.C=CCF.CF. The van der Waals surface area contributed by atoms with Gasteiger partial charge in [0.25, 0.3) is 0 Å². The van der Waals surface area contributed by atoms with Gasteiger partial charge in [0.15, 0.2) is 0 Å². The van der Waals surface area contributed by atoms with Crippen LogP contribution in [0.15, 0.2) is 25.3 Å². The van der Waals surface area contributed by atoms with Gasteiger partial charge >= 0.3 is 0 Å². The van der Waals surface area contributed by atoms with E-state index in [0.717, 1.165) is 0 Å². The van der Waals surface area contributed by atoms with Crippen LogP contribution >= 0.6 is 0 Å². The third kappa shape index (κ3) is 177. The van der Waals surface area contributed by atoms with Crippen LogP contribution in [0.1, 0.15) is 0 Å². The average molecular weight is 154 g/mol. The molecule has 0 saturated heterocycles. The standard InChI is InChI=1S/2C3H5F.CH3F/c2*1-2-3-4;1-2/h2*2H,1,3H2;1H3. The molecule has 0 aliphatic rings. The summed E-state index contributed by atoms with van der Waals surface area (Å²) in [5.41, 5.74) is 0. The van der Waals surface area contributed by atoms with E-state index in [0.29, 0.717) is 7.18 Å². The van der Waals surface area contributed by atoms with Gasteiger partial charge in [-0.15, -0.1) is 13.2 Å². The van der Waals surface area contributed by atoms with Gasteiger partial charge in [-0.05, 0) is 0 Å². The van der Waals surface area contributed by atoms with Crippen molar-refractivity contribution in [3.63, 3.8) is 0 Å². The fraction of sp³-hybridized carbons (Fsp3) is 0.429. The van der Waals surface area contributed by atoms with Crippen molar-refractivity contribution >= 4 is 0 Å². The van der Waals surface area contributed by atoms with Crippen molar-refractivity contribution in [1.82, 2.24) is 0 Å². The Labute approximate surface area is 60.1 Å². The normalized spacial score (nSPS) is 5.60. The van der Waals surface area contributed by atoms with Crippen LogP contribution in [0, 0.1) is 0 Å². The third-order valence-electron chi connectivity index (χ3n) is 0.218. The molecule has 0 atom stereocenters. The Balaban J connectivity index is -0.0000000787. The molecule has 0 aliphatic heterocycles. The Morgan fingerprint density at radius 2 is 1.10 bits per heavy atom. The molecule has 0 radical (unpaired) electrons. The highest BCUT2D eigenvalue weighted by molar-refractivity contribution is 4.61. The lowest BCUT2D eigenvalue weighted by molar-refractivity contribution is 0.562. The summed E-state index contributed by atoms with van der Waals surface area (Å²) in [5, 5.41) is 0. The summed E-state index contributed by atoms with van der Waals surface area (Å²) in [5.74, 6) is 0. The summed E-state index contributed by atoms with van der Waals surface area (Å²) in [6.45, 7) is 5.38. The highest BCUT2D eigenvalue weighted by Gasteiger charge is 1.50. The maximum Gasteiger partial charge on any atom is 0.107 e. The van der Waals surface area contributed by atoms with Crippen molar-refractivity contribution in [1.29, 1.82) is 0 Å². The highest BCUT2D eigenvalue weighted by atomic mass is 19.1. The Hall–Kier alpha value is -0.730. The second-order valence-corrected chi connectivity index (χ2v) is 0.886. The summed E-state index contributed by atoms with van der Waals surface area (Å²) in [6, 6.07) is 0. The largest absolute Gasteiger partial charge is 0.255 e. The van der Waals surface area contributed by atoms with Crippen LogP contribution < -0.4 is 0 Å². The summed E-state index contributed by atoms with van der Waals surface area (Å²) in [6.07, 6.45) is 2.42. The summed E-state index contributed by atoms with van der Waals surface area (Å²) in [4.78, 5) is 0. The minimum atomic E-state index is -0.417. The molecule has 0 aromatic heterocycles. The summed E-state index contributed by atoms with van der Waals surface area (Å²) < 4.78 is 30.7. The van der Waals surface area contributed by atoms with Crippen molar-refractivity contribution < 1.29 is 13.2 Å². The smallest absolute Gasteiger partial charge is 0.107 e. The van der Waals surface area contributed by atoms with Gasteiger partial charge in [-0.3, -0.25) is 4.39 Å². The van der Waals surface area contributed by atoms with E-state index in [1.807, 2.05) is 0 Å². The number of halogens is 3. The monoisotopic (exact) mass is 154 g/mol. The molecule has 0 aromatic rings. The van der Waals surface area contributed by atoms with E-state index in [1.165, 1.54) is 12.2 Å². The van der Waals surface area contributed by atoms with Gasteiger partial charge in [0.2, 0.25) is 0 Å². The van der Waals surface area contributed by atoms with E-state index in [1.54, 1.807) is 0 Å². The van der Waals surface area contributed by atoms with E-state index in [2.05, 4.69) is 13.2 Å². The molecular formula is C7H13F3. The number of rotatable bonds is 2. The fourth-order valence-electron chi connectivity index (χ4n) is 0. The van der Waals surface area contributed by atoms with Crippen LogP contribution in [-0.4, -0.2) is 20.5 Å². The van der Waals surface area contributed by atoms with Crippen molar-refractivity contribution in [2.24, 2.45) is 0 Å². The molecule has 0 fully saturated rings. The van der Waals surface area contributed by atoms with Crippen LogP contribution in [0.4, 0.5) is 13.2 Å². The molecule has 0 rings (SSSR count). The maximum atomic E-state index is 10.6. The van der Waals surface area contributed by atoms with Gasteiger partial charge in [-0.25, -0.2) is 8.78 Å². The van der Waals surface area contributed by atoms with E-state index < -0.39 is 13.3 Å². The molecule has 0 amide bonds. The molecule has 0 aromatic carbocycles. The molecule has 62 valence electrons. The van der Waals surface area contributed by atoms with Crippen LogP contribution in [0.5, 0.6) is 0 Å². The lowest BCUT2D eigenvalue weighted by atomic mass is 10.7. The Morgan fingerprint density at radius 3 is 1.10 bits per heavy atom. The van der Waals surface area contributed by atoms with Crippen LogP contribution in [0.3, 0.4) is 0 Å². The van der Waals surface area contributed by atoms with Crippen molar-refractivity contribution in [2.45, 2.75) is 0 Å². The van der Waals surface area contributed by atoms with Gasteiger partial charge in [0.1, 0.15) is 13.3 Å². The molecule has 0 N–H and O–H groups in total. The topological polar surface area (TPSA) is 0 Å². The lowest BCUT2D eigenvalue weighted by Crippen LogP contribution is -1.48. The van der Waals surface area contributed by atoms with Crippen LogP contribution in [0.2, 0.25) is 0 Å². The minimum absolute atomic E-state index is 0.417. The molecule has 0 nitrogen and oxygen atoms in total. The molecule has 0 aliphatic carbocycles. The molecule has 0 saturated carbocycles. The first-order valence-electron chi connectivity index (χ1n) is 2.55. The summed E-state index contributed by atoms with van der Waals surface area (Å²) in [7, 11) is 0.500. The van der Waals surface area contributed by atoms with Crippen molar-refractivity contribution in [3.8, 4) is 0 Å². The predicted molar refractivity (Wildman–Crippen MR) is 39.4 cm³/mol. The Morgan fingerprint density at radius 1 is 1.00 bits per heavy atom. The molecule has 0 bridgehead atoms. The number of allylic oxidation sites excluding steroid dienone is 2. The third-order valence-corrected chi connectivity index (χ3v) is 0.218. The maximum absolute atomic E-state index is 10.6. The second-order valence-electron chi connectivity index (χ2n) is 0.886. The quantitative estimate of drug-likeness (QED) is 0.536. The molecule has 3 heteroatoms. The van der Waals surface area contributed by atoms with Gasteiger partial charge < -0.3 is 0 Å². The van der Waals surface area contributed by atoms with Crippen LogP contribution in [-0.2, 0) is 0 Å². The van der Waals surface area contributed by atoms with E-state index in [-0.39, 0.29) is 0 Å². The van der Waals surface area contributed by atoms with Gasteiger partial charge in [0, 0.05) is 0 Å². The molecule has 0 unspecified atom stereocenters.